The van der Waals surface area contributed by atoms with Gasteiger partial charge in [0.2, 0.25) is 5.91 Å². The quantitative estimate of drug-likeness (QED) is 0.565. The Bertz CT molecular complexity index is 421. The summed E-state index contributed by atoms with van der Waals surface area (Å²) in [6.45, 7) is -0.225. The number of aliphatic carboxylic acids is 1. The molecule has 0 aliphatic carbocycles. The molecule has 19 heavy (non-hydrogen) atoms. The highest BCUT2D eigenvalue weighted by Gasteiger charge is 2.34. The fourth-order valence-corrected chi connectivity index (χ4v) is 1.88. The molecule has 2 heterocycles. The van der Waals surface area contributed by atoms with Crippen molar-refractivity contribution in [1.29, 1.82) is 0 Å². The summed E-state index contributed by atoms with van der Waals surface area (Å²) in [6.07, 6.45) is -1.07. The van der Waals surface area contributed by atoms with Gasteiger partial charge in [0.15, 0.2) is 6.10 Å². The van der Waals surface area contributed by atoms with E-state index in [0.717, 1.165) is 4.90 Å². The topological polar surface area (TPSA) is 116 Å². The van der Waals surface area contributed by atoms with Crippen LogP contribution < -0.4 is 5.32 Å². The van der Waals surface area contributed by atoms with Crippen molar-refractivity contribution in [3.63, 3.8) is 0 Å². The third kappa shape index (κ3) is 2.81. The molecule has 0 radical (unpaired) electrons. The van der Waals surface area contributed by atoms with Gasteiger partial charge in [-0.25, -0.2) is 9.59 Å². The van der Waals surface area contributed by atoms with Gasteiger partial charge in [0, 0.05) is 6.54 Å². The zero-order valence-corrected chi connectivity index (χ0v) is 10.00. The van der Waals surface area contributed by atoms with Crippen LogP contribution in [-0.4, -0.2) is 77.6 Å². The molecule has 0 bridgehead atoms. The molecule has 1 atom stereocenters. The Morgan fingerprint density at radius 1 is 1.42 bits per heavy atom. The number of morpholine rings is 1. The van der Waals surface area contributed by atoms with E-state index in [0.29, 0.717) is 0 Å². The summed E-state index contributed by atoms with van der Waals surface area (Å²) < 4.78 is 4.98. The lowest BCUT2D eigenvalue weighted by Crippen LogP contribution is -2.51. The number of urea groups is 1. The number of rotatable bonds is 3. The van der Waals surface area contributed by atoms with E-state index in [1.807, 2.05) is 0 Å². The zero-order valence-electron chi connectivity index (χ0n) is 10.00. The minimum atomic E-state index is -1.15. The Morgan fingerprint density at radius 3 is 2.74 bits per heavy atom. The van der Waals surface area contributed by atoms with Crippen LogP contribution in [0.5, 0.6) is 0 Å². The number of ether oxygens (including phenoxy) is 1. The average molecular weight is 271 g/mol. The first-order chi connectivity index (χ1) is 8.99. The van der Waals surface area contributed by atoms with Crippen molar-refractivity contribution < 1.29 is 29.0 Å². The molecule has 2 N–H and O–H groups in total. The van der Waals surface area contributed by atoms with Crippen LogP contribution in [0.3, 0.4) is 0 Å². The van der Waals surface area contributed by atoms with Crippen molar-refractivity contribution in [2.75, 3.05) is 32.8 Å². The van der Waals surface area contributed by atoms with Gasteiger partial charge in [-0.1, -0.05) is 0 Å². The molecular formula is C10H13N3O6. The monoisotopic (exact) mass is 271 g/mol. The zero-order chi connectivity index (χ0) is 14.0. The Hall–Kier alpha value is -2.16. The predicted octanol–water partition coefficient (Wildman–Crippen LogP) is -2.15. The molecular weight excluding hydrogens is 258 g/mol. The van der Waals surface area contributed by atoms with Gasteiger partial charge in [0.25, 0.3) is 5.91 Å². The lowest BCUT2D eigenvalue weighted by Gasteiger charge is -2.31. The molecule has 2 rings (SSSR count). The molecule has 2 fully saturated rings. The number of imide groups is 1. The van der Waals surface area contributed by atoms with Crippen LogP contribution in [0.4, 0.5) is 4.79 Å². The highest BCUT2D eigenvalue weighted by Crippen LogP contribution is 2.07. The first kappa shape index (κ1) is 13.3. The molecule has 2 aliphatic heterocycles. The van der Waals surface area contributed by atoms with E-state index in [4.69, 9.17) is 9.84 Å². The summed E-state index contributed by atoms with van der Waals surface area (Å²) in [5, 5.41) is 11.1. The molecule has 1 unspecified atom stereocenters. The first-order valence-electron chi connectivity index (χ1n) is 5.69. The lowest BCUT2D eigenvalue weighted by atomic mass is 10.2. The molecule has 0 aromatic heterocycles. The predicted molar refractivity (Wildman–Crippen MR) is 59.1 cm³/mol. The maximum absolute atomic E-state index is 11.9. The number of hydrogen-bond acceptors (Lipinski definition) is 5. The number of amides is 4. The van der Waals surface area contributed by atoms with Gasteiger partial charge >= 0.3 is 12.0 Å². The first-order valence-corrected chi connectivity index (χ1v) is 5.69. The van der Waals surface area contributed by atoms with Crippen molar-refractivity contribution in [2.24, 2.45) is 0 Å². The van der Waals surface area contributed by atoms with Gasteiger partial charge in [-0.15, -0.1) is 0 Å². The van der Waals surface area contributed by atoms with Crippen LogP contribution in [0.25, 0.3) is 0 Å². The fourth-order valence-electron chi connectivity index (χ4n) is 1.88. The number of nitrogens with zero attached hydrogens (tertiary/aromatic N) is 2. The second kappa shape index (κ2) is 5.22. The van der Waals surface area contributed by atoms with Gasteiger partial charge in [-0.05, 0) is 0 Å². The summed E-state index contributed by atoms with van der Waals surface area (Å²) in [5.74, 6) is -2.09. The van der Waals surface area contributed by atoms with Gasteiger partial charge in [0.1, 0.15) is 6.54 Å². The van der Waals surface area contributed by atoms with Crippen molar-refractivity contribution in [3.8, 4) is 0 Å². The maximum atomic E-state index is 11.9. The van der Waals surface area contributed by atoms with Crippen molar-refractivity contribution in [3.05, 3.63) is 0 Å². The number of carbonyl (C=O) groups excluding carboxylic acids is 3. The normalized spacial score (nSPS) is 23.5. The van der Waals surface area contributed by atoms with E-state index < -0.39 is 29.9 Å². The van der Waals surface area contributed by atoms with Gasteiger partial charge in [0.05, 0.1) is 19.7 Å². The summed E-state index contributed by atoms with van der Waals surface area (Å²) in [4.78, 5) is 47.4. The molecule has 4 amide bonds. The van der Waals surface area contributed by atoms with Crippen LogP contribution in [-0.2, 0) is 19.1 Å². The molecule has 2 saturated heterocycles. The Balaban J connectivity index is 1.94. The Morgan fingerprint density at radius 2 is 2.16 bits per heavy atom. The Labute approximate surface area is 108 Å². The average Bonchev–Trinajstić information content (AvgIpc) is 2.70. The van der Waals surface area contributed by atoms with Crippen molar-refractivity contribution >= 4 is 23.8 Å². The van der Waals surface area contributed by atoms with Gasteiger partial charge < -0.3 is 20.1 Å². The fraction of sp³-hybridized carbons (Fsp3) is 0.600. The molecule has 0 spiro atoms. The minimum Gasteiger partial charge on any atom is -0.479 e. The highest BCUT2D eigenvalue weighted by molar-refractivity contribution is 6.04. The van der Waals surface area contributed by atoms with Gasteiger partial charge in [-0.2, -0.15) is 0 Å². The lowest BCUT2D eigenvalue weighted by molar-refractivity contribution is -0.160. The number of carboxylic acid groups (broad SMARTS) is 1. The van der Waals surface area contributed by atoms with E-state index in [9.17, 15) is 19.2 Å². The number of carboxylic acids is 1. The number of hydrogen-bond donors (Lipinski definition) is 2. The van der Waals surface area contributed by atoms with Crippen LogP contribution >= 0.6 is 0 Å². The molecule has 0 aromatic carbocycles. The second-order valence-corrected chi connectivity index (χ2v) is 4.18. The smallest absolute Gasteiger partial charge is 0.334 e. The number of nitrogens with one attached hydrogen (secondary N) is 1. The van der Waals surface area contributed by atoms with E-state index in [1.165, 1.54) is 4.90 Å². The van der Waals surface area contributed by atoms with Crippen LogP contribution in [0.15, 0.2) is 0 Å². The molecule has 0 saturated carbocycles. The minimum absolute atomic E-state index is 0.0855. The molecule has 0 aromatic rings. The summed E-state index contributed by atoms with van der Waals surface area (Å²) in [6, 6.07) is -0.610. The third-order valence-electron chi connectivity index (χ3n) is 2.93. The van der Waals surface area contributed by atoms with E-state index >= 15 is 0 Å². The van der Waals surface area contributed by atoms with Crippen molar-refractivity contribution in [2.45, 2.75) is 6.10 Å². The molecule has 9 heteroatoms. The molecule has 9 nitrogen and oxygen atoms in total. The standard InChI is InChI=1S/C10H13N3O6/c14-7-3-11-10(18)13(7)5-8(15)12-1-2-19-6(4-12)9(16)17/h6H,1-5H2,(H,11,18)(H,16,17). The van der Waals surface area contributed by atoms with Crippen molar-refractivity contribution in [1.82, 2.24) is 15.1 Å². The molecule has 2 aliphatic rings. The van der Waals surface area contributed by atoms with Crippen LogP contribution in [0, 0.1) is 0 Å². The number of carbonyl (C=O) groups is 4. The molecule has 104 valence electrons. The Kier molecular flexibility index (Phi) is 3.65. The third-order valence-corrected chi connectivity index (χ3v) is 2.93. The van der Waals surface area contributed by atoms with E-state index in [1.54, 1.807) is 0 Å². The van der Waals surface area contributed by atoms with Gasteiger partial charge in [-0.3, -0.25) is 14.5 Å². The summed E-state index contributed by atoms with van der Waals surface area (Å²) in [7, 11) is 0. The largest absolute Gasteiger partial charge is 0.479 e. The maximum Gasteiger partial charge on any atom is 0.334 e. The second-order valence-electron chi connectivity index (χ2n) is 4.18. The SMILES string of the molecule is O=C(O)C1CN(C(=O)CN2C(=O)CNC2=O)CCO1. The van der Waals surface area contributed by atoms with Crippen LogP contribution in [0.2, 0.25) is 0 Å². The van der Waals surface area contributed by atoms with Crippen LogP contribution in [0.1, 0.15) is 0 Å². The highest BCUT2D eigenvalue weighted by atomic mass is 16.5. The van der Waals surface area contributed by atoms with E-state index in [2.05, 4.69) is 5.32 Å². The summed E-state index contributed by atoms with van der Waals surface area (Å²) in [5.41, 5.74) is 0. The summed E-state index contributed by atoms with van der Waals surface area (Å²) >= 11 is 0. The van der Waals surface area contributed by atoms with E-state index in [-0.39, 0.29) is 32.8 Å².